The Labute approximate surface area is 198 Å². The van der Waals surface area contributed by atoms with Gasteiger partial charge in [0.25, 0.3) is 0 Å². The van der Waals surface area contributed by atoms with Crippen LogP contribution in [0.25, 0.3) is 0 Å². The standard InChI is InChI=1S/C25H34F3N5O/c1-15-7-12-20-22(16(15)2)23(29)33-24(32-20)31-19-10-8-17(9-11-19)13-30-14-18-5-3-4-6-21(18)34-25(26,27)28/h3-6,15-17,19,30H,7-14H2,1-2H3,(H3,29,31,32,33)/t15-,16-,17?,19?/m1/s1. The highest BCUT2D eigenvalue weighted by Gasteiger charge is 2.32. The molecule has 6 nitrogen and oxygen atoms in total. The number of ether oxygens (including phenoxy) is 1. The van der Waals surface area contributed by atoms with Crippen LogP contribution in [0.4, 0.5) is 24.9 Å². The lowest BCUT2D eigenvalue weighted by atomic mass is 9.79. The lowest BCUT2D eigenvalue weighted by molar-refractivity contribution is -0.274. The normalized spacial score (nSPS) is 25.0. The SMILES string of the molecule is C[C@@H]1CCc2nc(NC3CCC(CNCc4ccccc4OC(F)(F)F)CC3)nc(N)c2[C@@H]1C. The minimum atomic E-state index is -4.69. The quantitative estimate of drug-likeness (QED) is 0.495. The number of para-hydroxylation sites is 1. The van der Waals surface area contributed by atoms with Crippen LogP contribution in [0.3, 0.4) is 0 Å². The molecule has 0 saturated heterocycles. The van der Waals surface area contributed by atoms with Gasteiger partial charge in [0.15, 0.2) is 0 Å². The number of nitrogen functional groups attached to an aromatic ring is 1. The van der Waals surface area contributed by atoms with E-state index < -0.39 is 6.36 Å². The molecule has 1 aromatic heterocycles. The van der Waals surface area contributed by atoms with E-state index in [1.165, 1.54) is 6.07 Å². The lowest BCUT2D eigenvalue weighted by Gasteiger charge is -2.31. The number of nitrogens with zero attached hydrogens (tertiary/aromatic N) is 2. The molecular weight excluding hydrogens is 443 g/mol. The molecule has 1 heterocycles. The van der Waals surface area contributed by atoms with Crippen molar-refractivity contribution in [2.45, 2.75) is 77.2 Å². The zero-order chi connectivity index (χ0) is 24.3. The van der Waals surface area contributed by atoms with Crippen molar-refractivity contribution >= 4 is 11.8 Å². The number of alkyl halides is 3. The number of nitrogens with one attached hydrogen (secondary N) is 2. The van der Waals surface area contributed by atoms with Crippen molar-refractivity contribution in [2.24, 2.45) is 11.8 Å². The van der Waals surface area contributed by atoms with E-state index >= 15 is 0 Å². The monoisotopic (exact) mass is 477 g/mol. The van der Waals surface area contributed by atoms with Gasteiger partial charge < -0.3 is 21.1 Å². The number of hydrogen-bond donors (Lipinski definition) is 3. The van der Waals surface area contributed by atoms with Crippen LogP contribution in [0, 0.1) is 11.8 Å². The molecular formula is C25H34F3N5O. The molecule has 1 fully saturated rings. The van der Waals surface area contributed by atoms with Gasteiger partial charge in [0, 0.05) is 23.7 Å². The van der Waals surface area contributed by atoms with Gasteiger partial charge in [-0.15, -0.1) is 13.2 Å². The van der Waals surface area contributed by atoms with Crippen molar-refractivity contribution < 1.29 is 17.9 Å². The average Bonchev–Trinajstić information content (AvgIpc) is 2.77. The maximum Gasteiger partial charge on any atom is 0.573 e. The Balaban J connectivity index is 1.25. The maximum atomic E-state index is 12.6. The Kier molecular flexibility index (Phi) is 7.50. The Morgan fingerprint density at radius 1 is 1.06 bits per heavy atom. The molecule has 0 unspecified atom stereocenters. The molecule has 2 aliphatic rings. The Hall–Kier alpha value is -2.55. The third kappa shape index (κ3) is 6.11. The Morgan fingerprint density at radius 3 is 2.53 bits per heavy atom. The first-order valence-corrected chi connectivity index (χ1v) is 12.2. The van der Waals surface area contributed by atoms with Crippen LogP contribution in [-0.2, 0) is 13.0 Å². The Morgan fingerprint density at radius 2 is 1.79 bits per heavy atom. The minimum Gasteiger partial charge on any atom is -0.405 e. The number of hydrogen-bond acceptors (Lipinski definition) is 6. The van der Waals surface area contributed by atoms with E-state index in [9.17, 15) is 13.2 Å². The number of anilines is 2. The molecule has 9 heteroatoms. The highest BCUT2D eigenvalue weighted by molar-refractivity contribution is 5.50. The van der Waals surface area contributed by atoms with Gasteiger partial charge in [-0.25, -0.2) is 4.98 Å². The predicted octanol–water partition coefficient (Wildman–Crippen LogP) is 5.40. The molecule has 2 atom stereocenters. The average molecular weight is 478 g/mol. The van der Waals surface area contributed by atoms with Gasteiger partial charge in [-0.3, -0.25) is 0 Å². The van der Waals surface area contributed by atoms with Crippen molar-refractivity contribution in [3.63, 3.8) is 0 Å². The van der Waals surface area contributed by atoms with E-state index in [4.69, 9.17) is 10.7 Å². The third-order valence-electron chi connectivity index (χ3n) is 7.33. The summed E-state index contributed by atoms with van der Waals surface area (Å²) in [5.41, 5.74) is 8.99. The van der Waals surface area contributed by atoms with Gasteiger partial charge in [-0.2, -0.15) is 4.98 Å². The highest BCUT2D eigenvalue weighted by atomic mass is 19.4. The summed E-state index contributed by atoms with van der Waals surface area (Å²) < 4.78 is 41.9. The summed E-state index contributed by atoms with van der Waals surface area (Å²) in [5, 5.41) is 6.79. The zero-order valence-corrected chi connectivity index (χ0v) is 19.8. The molecule has 0 bridgehead atoms. The summed E-state index contributed by atoms with van der Waals surface area (Å²) in [5.74, 6) is 2.52. The molecule has 1 saturated carbocycles. The fourth-order valence-corrected chi connectivity index (χ4v) is 5.16. The van der Waals surface area contributed by atoms with Crippen LogP contribution >= 0.6 is 0 Å². The van der Waals surface area contributed by atoms with E-state index in [-0.39, 0.29) is 5.75 Å². The van der Waals surface area contributed by atoms with Gasteiger partial charge in [0.05, 0.1) is 5.69 Å². The molecule has 1 aromatic carbocycles. The summed E-state index contributed by atoms with van der Waals surface area (Å²) >= 11 is 0. The summed E-state index contributed by atoms with van der Waals surface area (Å²) in [4.78, 5) is 9.33. The summed E-state index contributed by atoms with van der Waals surface area (Å²) in [6.45, 7) is 5.55. The van der Waals surface area contributed by atoms with Crippen molar-refractivity contribution in [3.8, 4) is 5.75 Å². The van der Waals surface area contributed by atoms with Crippen molar-refractivity contribution in [3.05, 3.63) is 41.1 Å². The number of aryl methyl sites for hydroxylation is 1. The first kappa shape index (κ1) is 24.6. The highest BCUT2D eigenvalue weighted by Crippen LogP contribution is 2.38. The second kappa shape index (κ2) is 10.4. The molecule has 0 aliphatic heterocycles. The number of halogens is 3. The lowest BCUT2D eigenvalue weighted by Crippen LogP contribution is -2.32. The molecule has 2 aliphatic carbocycles. The molecule has 0 amide bonds. The van der Waals surface area contributed by atoms with Crippen LogP contribution in [0.1, 0.15) is 68.7 Å². The Bertz CT molecular complexity index is 976. The van der Waals surface area contributed by atoms with Crippen LogP contribution < -0.4 is 21.1 Å². The minimum absolute atomic E-state index is 0.149. The van der Waals surface area contributed by atoms with Crippen LogP contribution in [0.15, 0.2) is 24.3 Å². The van der Waals surface area contributed by atoms with Gasteiger partial charge >= 0.3 is 6.36 Å². The van der Waals surface area contributed by atoms with E-state index in [1.54, 1.807) is 18.2 Å². The maximum absolute atomic E-state index is 12.6. The topological polar surface area (TPSA) is 85.1 Å². The first-order valence-electron chi connectivity index (χ1n) is 12.2. The second-order valence-electron chi connectivity index (χ2n) is 9.75. The summed E-state index contributed by atoms with van der Waals surface area (Å²) in [7, 11) is 0. The zero-order valence-electron chi connectivity index (χ0n) is 19.8. The van der Waals surface area contributed by atoms with Crippen molar-refractivity contribution in [2.75, 3.05) is 17.6 Å². The smallest absolute Gasteiger partial charge is 0.405 e. The number of nitrogens with two attached hydrogens (primary N) is 1. The molecule has 34 heavy (non-hydrogen) atoms. The predicted molar refractivity (Wildman–Crippen MR) is 127 cm³/mol. The molecule has 2 aromatic rings. The van der Waals surface area contributed by atoms with Gasteiger partial charge in [0.2, 0.25) is 5.95 Å². The van der Waals surface area contributed by atoms with Crippen LogP contribution in [-0.4, -0.2) is 28.9 Å². The third-order valence-corrected chi connectivity index (χ3v) is 7.33. The number of fused-ring (bicyclic) bond motifs is 1. The van der Waals surface area contributed by atoms with Crippen LogP contribution in [0.2, 0.25) is 0 Å². The van der Waals surface area contributed by atoms with E-state index in [0.29, 0.717) is 47.7 Å². The van der Waals surface area contributed by atoms with E-state index in [0.717, 1.165) is 56.3 Å². The van der Waals surface area contributed by atoms with E-state index in [2.05, 4.69) is 34.2 Å². The number of rotatable bonds is 7. The summed E-state index contributed by atoms with van der Waals surface area (Å²) in [6.07, 6.45) is 1.42. The molecule has 0 radical (unpaired) electrons. The molecule has 4 rings (SSSR count). The van der Waals surface area contributed by atoms with Crippen LogP contribution in [0.5, 0.6) is 5.75 Å². The summed E-state index contributed by atoms with van der Waals surface area (Å²) in [6, 6.07) is 6.56. The molecule has 0 spiro atoms. The molecule has 4 N–H and O–H groups in total. The van der Waals surface area contributed by atoms with Gasteiger partial charge in [-0.1, -0.05) is 32.0 Å². The fourth-order valence-electron chi connectivity index (χ4n) is 5.16. The van der Waals surface area contributed by atoms with Gasteiger partial charge in [-0.05, 0) is 68.9 Å². The second-order valence-corrected chi connectivity index (χ2v) is 9.75. The largest absolute Gasteiger partial charge is 0.573 e. The number of aromatic nitrogens is 2. The first-order chi connectivity index (χ1) is 16.2. The van der Waals surface area contributed by atoms with E-state index in [1.807, 2.05) is 0 Å². The van der Waals surface area contributed by atoms with Crippen molar-refractivity contribution in [1.82, 2.24) is 15.3 Å². The fraction of sp³-hybridized carbons (Fsp3) is 0.600. The van der Waals surface area contributed by atoms with Gasteiger partial charge in [0.1, 0.15) is 11.6 Å². The molecule has 186 valence electrons. The number of benzene rings is 1. The van der Waals surface area contributed by atoms with Crippen molar-refractivity contribution in [1.29, 1.82) is 0 Å².